The molecule has 0 bridgehead atoms. The molecule has 0 aliphatic rings. The van der Waals surface area contributed by atoms with Gasteiger partial charge in [-0.05, 0) is 38.3 Å². The van der Waals surface area contributed by atoms with Crippen molar-refractivity contribution in [3.63, 3.8) is 0 Å². The van der Waals surface area contributed by atoms with Crippen LogP contribution in [-0.2, 0) is 6.42 Å². The maximum atomic E-state index is 14.6. The number of hydrogen-bond acceptors (Lipinski definition) is 9. The zero-order chi connectivity index (χ0) is 30.8. The Morgan fingerprint density at radius 1 is 1.16 bits per heavy atom. The van der Waals surface area contributed by atoms with Crippen LogP contribution in [0, 0.1) is 11.6 Å². The highest BCUT2D eigenvalue weighted by Gasteiger charge is 2.25. The topological polar surface area (TPSA) is 157 Å². The van der Waals surface area contributed by atoms with E-state index in [9.17, 15) is 18.4 Å². The molecule has 4 heterocycles. The van der Waals surface area contributed by atoms with Crippen LogP contribution in [0.2, 0.25) is 0 Å². The largest absolute Gasteiger partial charge is 0.494 e. The van der Waals surface area contributed by atoms with Crippen LogP contribution in [-0.4, -0.2) is 71.6 Å². The van der Waals surface area contributed by atoms with E-state index in [0.717, 1.165) is 12.1 Å². The molecular weight excluding hydrogens is 560 g/mol. The Balaban J connectivity index is 1.47. The summed E-state index contributed by atoms with van der Waals surface area (Å²) < 4.78 is 35.1. The minimum absolute atomic E-state index is 0.0160. The van der Waals surface area contributed by atoms with Crippen molar-refractivity contribution in [2.24, 2.45) is 0 Å². The van der Waals surface area contributed by atoms with Gasteiger partial charge >= 0.3 is 0 Å². The number of halogens is 2. The molecule has 5 rings (SSSR count). The summed E-state index contributed by atoms with van der Waals surface area (Å²) >= 11 is 0. The highest BCUT2D eigenvalue weighted by Crippen LogP contribution is 2.31. The van der Waals surface area contributed by atoms with Gasteiger partial charge in [-0.15, -0.1) is 10.2 Å². The zero-order valence-corrected chi connectivity index (χ0v) is 23.9. The summed E-state index contributed by atoms with van der Waals surface area (Å²) in [4.78, 5) is 38.9. The number of benzene rings is 1. The summed E-state index contributed by atoms with van der Waals surface area (Å²) in [5, 5.41) is 11.8. The molecule has 14 heteroatoms. The van der Waals surface area contributed by atoms with Crippen molar-refractivity contribution < 1.29 is 23.1 Å². The number of Topliss-reactive ketones (excluding diaryl/α,β-unsaturated/α-hetero) is 1. The number of amides is 1. The first-order chi connectivity index (χ1) is 20.6. The molecule has 1 aromatic carbocycles. The van der Waals surface area contributed by atoms with Gasteiger partial charge in [-0.3, -0.25) is 14.6 Å². The van der Waals surface area contributed by atoms with E-state index in [-0.39, 0.29) is 51.9 Å². The first-order valence-electron chi connectivity index (χ1n) is 13.4. The number of aromatic amines is 1. The van der Waals surface area contributed by atoms with Crippen molar-refractivity contribution in [3.05, 3.63) is 71.7 Å². The van der Waals surface area contributed by atoms with E-state index in [2.05, 4.69) is 25.3 Å². The van der Waals surface area contributed by atoms with Crippen LogP contribution in [0.4, 0.5) is 14.6 Å². The molecule has 222 valence electrons. The smallest absolute Gasteiger partial charge is 0.291 e. The molecule has 3 N–H and O–H groups in total. The number of hydrogen-bond donors (Lipinski definition) is 2. The molecule has 0 radical (unpaired) electrons. The molecule has 0 saturated heterocycles. The Bertz CT molecular complexity index is 1800. The van der Waals surface area contributed by atoms with Crippen molar-refractivity contribution in [2.45, 2.75) is 39.2 Å². The van der Waals surface area contributed by atoms with Crippen LogP contribution in [0.3, 0.4) is 0 Å². The number of rotatable bonds is 10. The molecule has 0 aliphatic heterocycles. The van der Waals surface area contributed by atoms with Crippen LogP contribution in [0.25, 0.3) is 28.0 Å². The van der Waals surface area contributed by atoms with Gasteiger partial charge in [-0.25, -0.2) is 13.8 Å². The molecule has 0 aliphatic carbocycles. The number of H-pyrrole nitrogens is 1. The van der Waals surface area contributed by atoms with Gasteiger partial charge in [-0.1, -0.05) is 13.0 Å². The zero-order valence-electron chi connectivity index (χ0n) is 23.9. The lowest BCUT2D eigenvalue weighted by molar-refractivity contribution is 0.0707. The van der Waals surface area contributed by atoms with Crippen LogP contribution in [0.15, 0.2) is 43.0 Å². The maximum Gasteiger partial charge on any atom is 0.291 e. The Morgan fingerprint density at radius 3 is 2.58 bits per heavy atom. The third kappa shape index (κ3) is 5.50. The molecule has 43 heavy (non-hydrogen) atoms. The lowest BCUT2D eigenvalue weighted by atomic mass is 10.0. The Labute approximate surface area is 244 Å². The van der Waals surface area contributed by atoms with Crippen molar-refractivity contribution in [3.8, 4) is 28.1 Å². The van der Waals surface area contributed by atoms with E-state index in [4.69, 9.17) is 15.5 Å². The average molecular weight is 590 g/mol. The first kappa shape index (κ1) is 29.2. The van der Waals surface area contributed by atoms with Gasteiger partial charge < -0.3 is 20.4 Å². The molecule has 12 nitrogen and oxygen atoms in total. The number of ether oxygens (including phenoxy) is 1. The predicted octanol–water partition coefficient (Wildman–Crippen LogP) is 4.13. The van der Waals surface area contributed by atoms with Crippen molar-refractivity contribution in [2.75, 3.05) is 19.9 Å². The fraction of sp³-hybridized carbons (Fsp3) is 0.276. The number of aromatic nitrogens is 7. The molecular formula is C29H29F2N9O3. The number of nitrogens with zero attached hydrogens (tertiary/aromatic N) is 7. The van der Waals surface area contributed by atoms with Gasteiger partial charge in [0.15, 0.2) is 23.0 Å². The number of nitrogens with two attached hydrogens (primary N) is 1. The van der Waals surface area contributed by atoms with Gasteiger partial charge in [-0.2, -0.15) is 9.61 Å². The minimum Gasteiger partial charge on any atom is -0.494 e. The normalized spacial score (nSPS) is 12.0. The Morgan fingerprint density at radius 2 is 1.95 bits per heavy atom. The molecule has 0 fully saturated rings. The van der Waals surface area contributed by atoms with Crippen molar-refractivity contribution in [1.29, 1.82) is 0 Å². The summed E-state index contributed by atoms with van der Waals surface area (Å²) in [5.41, 5.74) is 8.94. The molecule has 1 atom stereocenters. The number of nitrogen functional groups attached to an aromatic ring is 1. The summed E-state index contributed by atoms with van der Waals surface area (Å²) in [6.45, 7) is 3.37. The highest BCUT2D eigenvalue weighted by molar-refractivity contribution is 6.00. The van der Waals surface area contributed by atoms with Crippen LogP contribution < -0.4 is 10.5 Å². The second-order valence-electron chi connectivity index (χ2n) is 9.92. The molecule has 0 spiro atoms. The van der Waals surface area contributed by atoms with Crippen LogP contribution in [0.1, 0.15) is 53.4 Å². The first-order valence-corrected chi connectivity index (χ1v) is 13.4. The fourth-order valence-electron chi connectivity index (χ4n) is 5.04. The lowest BCUT2D eigenvalue weighted by Gasteiger charge is -2.26. The highest BCUT2D eigenvalue weighted by atomic mass is 19.1. The molecule has 1 amide bonds. The second kappa shape index (κ2) is 11.9. The maximum absolute atomic E-state index is 14.6. The standard InChI is InChI=1S/C29H29F2N9O3/c1-5-17(39(3)29(42)27-34-14-35-38-27)7-9-23-25(15(2)41)26(32)40-28(37-23)19(13-36-40)16-6-8-22(33-12-16)18-10-21(31)24(43-4)11-20(18)30/h6,8,10-14,17H,5,7,9,32H2,1-4H3,(H,34,35,38)/t17-/m1/s1. The number of aryl methyl sites for hydroxylation is 1. The van der Waals surface area contributed by atoms with E-state index in [1.165, 1.54) is 31.1 Å². The van der Waals surface area contributed by atoms with Crippen molar-refractivity contribution >= 4 is 23.2 Å². The van der Waals surface area contributed by atoms with Crippen molar-refractivity contribution in [1.82, 2.24) is 39.7 Å². The van der Waals surface area contributed by atoms with Crippen LogP contribution in [0.5, 0.6) is 5.75 Å². The SMILES string of the molecule is CC[C@H](CCc1nc2c(-c3ccc(-c4cc(F)c(OC)cc4F)nc3)cnn2c(N)c1C(C)=O)N(C)C(=O)c1nnc[nH]1. The van der Waals surface area contributed by atoms with Gasteiger partial charge in [0, 0.05) is 42.0 Å². The Hall–Kier alpha value is -5.27. The number of carbonyl (C=O) groups is 2. The quantitative estimate of drug-likeness (QED) is 0.229. The number of nitrogens with one attached hydrogen (secondary N) is 1. The average Bonchev–Trinajstić information content (AvgIpc) is 3.69. The summed E-state index contributed by atoms with van der Waals surface area (Å²) in [5.74, 6) is -1.88. The van der Waals surface area contributed by atoms with Gasteiger partial charge in [0.2, 0.25) is 5.82 Å². The number of pyridine rings is 1. The number of carbonyl (C=O) groups excluding carboxylic acids is 2. The van der Waals surface area contributed by atoms with Gasteiger partial charge in [0.05, 0.1) is 30.3 Å². The third-order valence-corrected chi connectivity index (χ3v) is 7.37. The minimum atomic E-state index is -0.709. The number of anilines is 1. The van der Waals surface area contributed by atoms with E-state index in [1.54, 1.807) is 30.3 Å². The van der Waals surface area contributed by atoms with E-state index in [1.807, 2.05) is 6.92 Å². The molecule has 4 aromatic heterocycles. The Kier molecular flexibility index (Phi) is 8.10. The monoisotopic (exact) mass is 589 g/mol. The number of fused-ring (bicyclic) bond motifs is 1. The van der Waals surface area contributed by atoms with Crippen LogP contribution >= 0.6 is 0 Å². The van der Waals surface area contributed by atoms with E-state index in [0.29, 0.717) is 41.7 Å². The molecule has 5 aromatic rings. The summed E-state index contributed by atoms with van der Waals surface area (Å²) in [7, 11) is 2.95. The summed E-state index contributed by atoms with van der Waals surface area (Å²) in [6.07, 6.45) is 5.90. The van der Waals surface area contributed by atoms with Gasteiger partial charge in [0.1, 0.15) is 18.0 Å². The second-order valence-corrected chi connectivity index (χ2v) is 9.92. The van der Waals surface area contributed by atoms with E-state index < -0.39 is 11.6 Å². The fourth-order valence-corrected chi connectivity index (χ4v) is 5.04. The predicted molar refractivity (Wildman–Crippen MR) is 153 cm³/mol. The molecule has 0 saturated carbocycles. The lowest BCUT2D eigenvalue weighted by Crippen LogP contribution is -2.37. The summed E-state index contributed by atoms with van der Waals surface area (Å²) in [6, 6.07) is 5.07. The number of ketones is 1. The van der Waals surface area contributed by atoms with Gasteiger partial charge in [0.25, 0.3) is 5.91 Å². The van der Waals surface area contributed by atoms with E-state index >= 15 is 0 Å². The third-order valence-electron chi connectivity index (χ3n) is 7.37. The molecule has 0 unspecified atom stereocenters. The number of methoxy groups -OCH3 is 1.